The van der Waals surface area contributed by atoms with E-state index in [1.807, 2.05) is 18.2 Å². The van der Waals surface area contributed by atoms with Crippen LogP contribution in [0.25, 0.3) is 6.08 Å². The number of para-hydroxylation sites is 1. The van der Waals surface area contributed by atoms with E-state index in [1.54, 1.807) is 19.0 Å². The summed E-state index contributed by atoms with van der Waals surface area (Å²) in [5, 5.41) is 3.41. The Labute approximate surface area is 188 Å². The lowest BCUT2D eigenvalue weighted by molar-refractivity contribution is -0.128. The first kappa shape index (κ1) is 23.1. The first-order valence-corrected chi connectivity index (χ1v) is 11.6. The second-order valence-electron chi connectivity index (χ2n) is 8.26. The molecule has 1 aromatic carbocycles. The number of nitrogens with zero attached hydrogens (tertiary/aromatic N) is 2. The molecular weight excluding hydrogens is 410 g/mol. The molecule has 0 aliphatic carbocycles. The molecule has 2 aliphatic rings. The van der Waals surface area contributed by atoms with Crippen molar-refractivity contribution in [3.05, 3.63) is 46.5 Å². The Kier molecular flexibility index (Phi) is 7.59. The van der Waals surface area contributed by atoms with Crippen LogP contribution in [0.5, 0.6) is 0 Å². The number of aryl methyl sites for hydroxylation is 1. The predicted octanol–water partition coefficient (Wildman–Crippen LogP) is 3.37. The summed E-state index contributed by atoms with van der Waals surface area (Å²) in [6.07, 6.45) is 4.81. The van der Waals surface area contributed by atoms with Gasteiger partial charge in [0.05, 0.1) is 11.3 Å². The van der Waals surface area contributed by atoms with E-state index in [0.717, 1.165) is 54.6 Å². The lowest BCUT2D eigenvalue weighted by Crippen LogP contribution is -2.32. The number of anilines is 1. The molecule has 2 heterocycles. The molecule has 0 bridgehead atoms. The minimum Gasteiger partial charge on any atom is -0.384 e. The second-order valence-corrected chi connectivity index (χ2v) is 9.36. The van der Waals surface area contributed by atoms with Crippen LogP contribution in [0.15, 0.2) is 35.4 Å². The predicted molar refractivity (Wildman–Crippen MR) is 127 cm³/mol. The minimum absolute atomic E-state index is 0.00650. The van der Waals surface area contributed by atoms with E-state index in [1.165, 1.54) is 5.56 Å². The van der Waals surface area contributed by atoms with Crippen LogP contribution in [0.3, 0.4) is 0 Å². The molecule has 0 unspecified atom stereocenters. The monoisotopic (exact) mass is 441 g/mol. The number of rotatable bonds is 8. The van der Waals surface area contributed by atoms with Gasteiger partial charge in [-0.25, -0.2) is 0 Å². The van der Waals surface area contributed by atoms with Crippen LogP contribution in [0, 0.1) is 0 Å². The van der Waals surface area contributed by atoms with Crippen LogP contribution in [-0.2, 0) is 20.8 Å². The van der Waals surface area contributed by atoms with Gasteiger partial charge in [-0.1, -0.05) is 31.7 Å². The van der Waals surface area contributed by atoms with Crippen molar-refractivity contribution in [2.45, 2.75) is 45.1 Å². The van der Waals surface area contributed by atoms with Crippen LogP contribution in [0.2, 0.25) is 0 Å². The molecule has 1 aromatic rings. The van der Waals surface area contributed by atoms with Gasteiger partial charge in [0.1, 0.15) is 0 Å². The maximum atomic E-state index is 12.1. The molecular formula is C24H31N3O3S. The summed E-state index contributed by atoms with van der Waals surface area (Å²) in [6.45, 7) is 7.95. The highest BCUT2D eigenvalue weighted by Crippen LogP contribution is 2.35. The van der Waals surface area contributed by atoms with Gasteiger partial charge in [0.25, 0.3) is 0 Å². The topological polar surface area (TPSA) is 69.7 Å². The molecule has 31 heavy (non-hydrogen) atoms. The number of hydrogen-bond acceptors (Lipinski definition) is 6. The number of amides is 1. The van der Waals surface area contributed by atoms with Crippen LogP contribution in [-0.4, -0.2) is 54.9 Å². The highest BCUT2D eigenvalue weighted by Gasteiger charge is 2.28. The van der Waals surface area contributed by atoms with E-state index in [4.69, 9.17) is 0 Å². The third kappa shape index (κ3) is 5.79. The first-order valence-electron chi connectivity index (χ1n) is 10.7. The molecule has 7 heteroatoms. The van der Waals surface area contributed by atoms with Crippen LogP contribution in [0.1, 0.15) is 43.7 Å². The summed E-state index contributed by atoms with van der Waals surface area (Å²) >= 11 is 1.05. The molecule has 3 rings (SSSR count). The lowest BCUT2D eigenvalue weighted by atomic mass is 10.0. The van der Waals surface area contributed by atoms with E-state index in [0.29, 0.717) is 17.7 Å². The zero-order valence-corrected chi connectivity index (χ0v) is 19.4. The number of carbonyl (C=O) groups is 3. The number of nitrogens with one attached hydrogen (secondary N) is 1. The minimum atomic E-state index is -0.0904. The van der Waals surface area contributed by atoms with E-state index < -0.39 is 0 Å². The summed E-state index contributed by atoms with van der Waals surface area (Å²) in [5.41, 5.74) is 4.25. The van der Waals surface area contributed by atoms with Crippen molar-refractivity contribution in [1.82, 2.24) is 10.2 Å². The smallest absolute Gasteiger partial charge is 0.222 e. The zero-order chi connectivity index (χ0) is 22.5. The molecule has 0 saturated carbocycles. The first-order chi connectivity index (χ1) is 14.8. The van der Waals surface area contributed by atoms with E-state index >= 15 is 0 Å². The lowest BCUT2D eigenvalue weighted by Gasteiger charge is -2.25. The van der Waals surface area contributed by atoms with Crippen LogP contribution in [0.4, 0.5) is 5.69 Å². The van der Waals surface area contributed by atoms with Crippen molar-refractivity contribution in [1.29, 1.82) is 0 Å². The van der Waals surface area contributed by atoms with Gasteiger partial charge in [-0.2, -0.15) is 0 Å². The quantitative estimate of drug-likeness (QED) is 0.493. The van der Waals surface area contributed by atoms with Gasteiger partial charge in [0.2, 0.25) is 11.0 Å². The van der Waals surface area contributed by atoms with E-state index in [2.05, 4.69) is 29.8 Å². The fourth-order valence-electron chi connectivity index (χ4n) is 4.01. The molecule has 1 atom stereocenters. The molecule has 2 aliphatic heterocycles. The highest BCUT2D eigenvalue weighted by atomic mass is 32.2. The van der Waals surface area contributed by atoms with Crippen LogP contribution >= 0.6 is 11.8 Å². The zero-order valence-electron chi connectivity index (χ0n) is 18.6. The Morgan fingerprint density at radius 1 is 1.32 bits per heavy atom. The van der Waals surface area contributed by atoms with Crippen molar-refractivity contribution in [3.63, 3.8) is 0 Å². The average molecular weight is 442 g/mol. The van der Waals surface area contributed by atoms with Crippen molar-refractivity contribution in [3.8, 4) is 0 Å². The van der Waals surface area contributed by atoms with Gasteiger partial charge in [-0.3, -0.25) is 14.4 Å². The largest absolute Gasteiger partial charge is 0.384 e. The van der Waals surface area contributed by atoms with Crippen LogP contribution < -0.4 is 10.2 Å². The molecule has 0 aromatic heterocycles. The number of allylic oxidation sites excluding steroid dienone is 2. The number of benzene rings is 1. The third-order valence-corrected chi connectivity index (χ3v) is 6.61. The SMILES string of the molecule is C=C(CCC(=O)N(C)C)N[C@H]1CCN(c2c(/C=C3\SC(=O)CC3=O)cccc2CC)C1. The van der Waals surface area contributed by atoms with Crippen molar-refractivity contribution >= 4 is 40.3 Å². The van der Waals surface area contributed by atoms with Crippen molar-refractivity contribution < 1.29 is 14.4 Å². The summed E-state index contributed by atoms with van der Waals surface area (Å²) in [7, 11) is 3.53. The van der Waals surface area contributed by atoms with Crippen molar-refractivity contribution in [2.24, 2.45) is 0 Å². The number of Topliss-reactive ketones (excluding diaryl/α,β-unsaturated/α-hetero) is 1. The van der Waals surface area contributed by atoms with Gasteiger partial charge < -0.3 is 15.1 Å². The number of thioether (sulfide) groups is 1. The molecule has 1 amide bonds. The Bertz CT molecular complexity index is 923. The van der Waals surface area contributed by atoms with Crippen molar-refractivity contribution in [2.75, 3.05) is 32.1 Å². The number of carbonyl (C=O) groups excluding carboxylic acids is 3. The van der Waals surface area contributed by atoms with E-state index in [-0.39, 0.29) is 29.3 Å². The van der Waals surface area contributed by atoms with E-state index in [9.17, 15) is 14.4 Å². The van der Waals surface area contributed by atoms with Gasteiger partial charge in [-0.15, -0.1) is 0 Å². The Hall–Kier alpha value is -2.54. The fourth-order valence-corrected chi connectivity index (χ4v) is 4.83. The summed E-state index contributed by atoms with van der Waals surface area (Å²) < 4.78 is 0. The molecule has 0 radical (unpaired) electrons. The molecule has 0 spiro atoms. The summed E-state index contributed by atoms with van der Waals surface area (Å²) in [6, 6.07) is 6.41. The van der Waals surface area contributed by atoms with Gasteiger partial charge in [0, 0.05) is 51.0 Å². The number of ketones is 1. The maximum Gasteiger partial charge on any atom is 0.222 e. The normalized spacial score (nSPS) is 19.9. The van der Waals surface area contributed by atoms with Gasteiger partial charge >= 0.3 is 0 Å². The van der Waals surface area contributed by atoms with Gasteiger partial charge in [0.15, 0.2) is 5.78 Å². The third-order valence-electron chi connectivity index (χ3n) is 5.67. The average Bonchev–Trinajstić information content (AvgIpc) is 3.31. The maximum absolute atomic E-state index is 12.1. The molecule has 1 N–H and O–H groups in total. The Morgan fingerprint density at radius 2 is 2.10 bits per heavy atom. The molecule has 166 valence electrons. The standard InChI is InChI=1S/C24H31N3O3S/c1-5-17-7-6-8-18(13-21-20(28)14-23(30)31-21)24(17)27-12-11-19(15-27)25-16(2)9-10-22(29)26(3)4/h6-8,13,19,25H,2,5,9-12,14-15H2,1,3-4H3/b21-13-/t19-/m0/s1. The summed E-state index contributed by atoms with van der Waals surface area (Å²) in [4.78, 5) is 40.1. The highest BCUT2D eigenvalue weighted by molar-refractivity contribution is 8.18. The number of hydrogen-bond donors (Lipinski definition) is 1. The molecule has 6 nitrogen and oxygen atoms in total. The van der Waals surface area contributed by atoms with Gasteiger partial charge in [-0.05, 0) is 48.2 Å². The Balaban J connectivity index is 1.71. The Morgan fingerprint density at radius 3 is 2.74 bits per heavy atom. The second kappa shape index (κ2) is 10.2. The molecule has 2 saturated heterocycles. The molecule has 2 fully saturated rings. The fraction of sp³-hybridized carbons (Fsp3) is 0.458. The summed E-state index contributed by atoms with van der Waals surface area (Å²) in [5.74, 6) is 0.00995.